The van der Waals surface area contributed by atoms with Crippen LogP contribution in [0, 0.1) is 11.6 Å². The Balaban J connectivity index is 2.03. The van der Waals surface area contributed by atoms with Gasteiger partial charge >= 0.3 is 5.97 Å². The van der Waals surface area contributed by atoms with Crippen molar-refractivity contribution in [2.24, 2.45) is 0 Å². The highest BCUT2D eigenvalue weighted by molar-refractivity contribution is 6.01. The molecular formula is C29H30F2N4O4. The van der Waals surface area contributed by atoms with Crippen LogP contribution in [0.15, 0.2) is 72.8 Å². The van der Waals surface area contributed by atoms with Gasteiger partial charge in [-0.3, -0.25) is 9.59 Å². The molecule has 0 saturated carbocycles. The Hall–Kier alpha value is -4.31. The number of carbonyl (C=O) groups excluding carboxylic acids is 2. The molecule has 10 heteroatoms. The second-order valence-corrected chi connectivity index (χ2v) is 8.88. The molecule has 8 nitrogen and oxygen atoms in total. The maximum atomic E-state index is 13.8. The molecule has 0 aliphatic heterocycles. The Bertz CT molecular complexity index is 1310. The van der Waals surface area contributed by atoms with Crippen LogP contribution in [-0.2, 0) is 14.3 Å². The highest BCUT2D eigenvalue weighted by Crippen LogP contribution is 2.33. The zero-order chi connectivity index (χ0) is 28.4. The SMILES string of the molecule is CCOC(=O)CC(=O)CC(O)C=CC=CC(=C(c1ccc(F)cc1)c1ccc(F)cc1)c1nnnn1C(C)C. The van der Waals surface area contributed by atoms with Crippen LogP contribution in [0.4, 0.5) is 8.78 Å². The lowest BCUT2D eigenvalue weighted by Crippen LogP contribution is -2.16. The largest absolute Gasteiger partial charge is 0.466 e. The average Bonchev–Trinajstić information content (AvgIpc) is 3.38. The van der Waals surface area contributed by atoms with Gasteiger partial charge in [0.2, 0.25) is 0 Å². The second kappa shape index (κ2) is 14.0. The molecule has 1 aromatic heterocycles. The van der Waals surface area contributed by atoms with Crippen molar-refractivity contribution in [3.63, 3.8) is 0 Å². The van der Waals surface area contributed by atoms with Gasteiger partial charge in [-0.15, -0.1) is 5.10 Å². The average molecular weight is 537 g/mol. The first-order chi connectivity index (χ1) is 18.7. The van der Waals surface area contributed by atoms with Gasteiger partial charge in [-0.1, -0.05) is 48.6 Å². The monoisotopic (exact) mass is 536 g/mol. The lowest BCUT2D eigenvalue weighted by atomic mass is 9.92. The Kier molecular flexibility index (Phi) is 10.5. The third-order valence-electron chi connectivity index (χ3n) is 5.55. The summed E-state index contributed by atoms with van der Waals surface area (Å²) in [5.41, 5.74) is 2.48. The van der Waals surface area contributed by atoms with Crippen molar-refractivity contribution >= 4 is 22.9 Å². The van der Waals surface area contributed by atoms with E-state index in [0.717, 1.165) is 0 Å². The van der Waals surface area contributed by atoms with Crippen molar-refractivity contribution < 1.29 is 28.2 Å². The Morgan fingerprint density at radius 3 is 2.13 bits per heavy atom. The van der Waals surface area contributed by atoms with E-state index in [1.54, 1.807) is 54.1 Å². The minimum atomic E-state index is -1.11. The fourth-order valence-corrected chi connectivity index (χ4v) is 3.79. The molecule has 3 aromatic rings. The molecule has 2 aromatic carbocycles. The number of halogens is 2. The molecule has 1 N–H and O–H groups in total. The molecule has 0 fully saturated rings. The number of ether oxygens (including phenoxy) is 1. The molecule has 39 heavy (non-hydrogen) atoms. The summed E-state index contributed by atoms with van der Waals surface area (Å²) in [6.07, 6.45) is 4.57. The van der Waals surface area contributed by atoms with Crippen LogP contribution in [-0.4, -0.2) is 49.8 Å². The number of benzene rings is 2. The summed E-state index contributed by atoms with van der Waals surface area (Å²) < 4.78 is 33.9. The van der Waals surface area contributed by atoms with E-state index in [4.69, 9.17) is 4.74 Å². The Morgan fingerprint density at radius 2 is 1.59 bits per heavy atom. The molecule has 0 saturated heterocycles. The number of nitrogens with zero attached hydrogens (tertiary/aromatic N) is 4. The molecule has 1 heterocycles. The Morgan fingerprint density at radius 1 is 1.00 bits per heavy atom. The van der Waals surface area contributed by atoms with Gasteiger partial charge in [-0.05, 0) is 72.2 Å². The minimum absolute atomic E-state index is 0.0936. The van der Waals surface area contributed by atoms with Crippen molar-refractivity contribution in [2.75, 3.05) is 6.61 Å². The van der Waals surface area contributed by atoms with Gasteiger partial charge in [0, 0.05) is 12.0 Å². The first kappa shape index (κ1) is 29.2. The topological polar surface area (TPSA) is 107 Å². The number of allylic oxidation sites excluding steroid dienone is 4. The normalized spacial score (nSPS) is 12.3. The quantitative estimate of drug-likeness (QED) is 0.200. The predicted molar refractivity (Wildman–Crippen MR) is 142 cm³/mol. The van der Waals surface area contributed by atoms with Gasteiger partial charge in [0.05, 0.1) is 18.8 Å². The zero-order valence-corrected chi connectivity index (χ0v) is 21.9. The van der Waals surface area contributed by atoms with Crippen LogP contribution >= 0.6 is 0 Å². The van der Waals surface area contributed by atoms with E-state index < -0.39 is 35.9 Å². The van der Waals surface area contributed by atoms with Gasteiger partial charge in [0.25, 0.3) is 0 Å². The number of ketones is 1. The number of Topliss-reactive ketones (excluding diaryl/α,β-unsaturated/α-hetero) is 1. The van der Waals surface area contributed by atoms with Gasteiger partial charge in [0.1, 0.15) is 23.8 Å². The Labute approximate surface area is 225 Å². The van der Waals surface area contributed by atoms with Crippen LogP contribution < -0.4 is 0 Å². The zero-order valence-electron chi connectivity index (χ0n) is 21.9. The maximum Gasteiger partial charge on any atom is 0.313 e. The first-order valence-corrected chi connectivity index (χ1v) is 12.4. The summed E-state index contributed by atoms with van der Waals surface area (Å²) in [6, 6.07) is 11.7. The number of hydrogen-bond acceptors (Lipinski definition) is 7. The fraction of sp³-hybridized carbons (Fsp3) is 0.276. The molecule has 3 rings (SSSR count). The van der Waals surface area contributed by atoms with Crippen molar-refractivity contribution in [3.8, 4) is 0 Å². The van der Waals surface area contributed by atoms with Gasteiger partial charge in [-0.2, -0.15) is 0 Å². The smallest absolute Gasteiger partial charge is 0.313 e. The summed E-state index contributed by atoms with van der Waals surface area (Å²) in [5.74, 6) is -1.47. The van der Waals surface area contributed by atoms with Crippen molar-refractivity contribution in [2.45, 2.75) is 45.8 Å². The van der Waals surface area contributed by atoms with Gasteiger partial charge in [0.15, 0.2) is 5.82 Å². The summed E-state index contributed by atoms with van der Waals surface area (Å²) in [5, 5.41) is 22.4. The molecule has 0 spiro atoms. The maximum absolute atomic E-state index is 13.8. The fourth-order valence-electron chi connectivity index (χ4n) is 3.79. The number of rotatable bonds is 12. The second-order valence-electron chi connectivity index (χ2n) is 8.88. The highest BCUT2D eigenvalue weighted by Gasteiger charge is 2.19. The molecular weight excluding hydrogens is 506 g/mol. The number of aliphatic hydroxyl groups is 1. The van der Waals surface area contributed by atoms with Crippen LogP contribution in [0.25, 0.3) is 11.1 Å². The minimum Gasteiger partial charge on any atom is -0.466 e. The number of aliphatic hydroxyl groups excluding tert-OH is 1. The molecule has 0 amide bonds. The van der Waals surface area contributed by atoms with E-state index in [1.165, 1.54) is 30.3 Å². The highest BCUT2D eigenvalue weighted by atomic mass is 19.1. The van der Waals surface area contributed by atoms with Crippen LogP contribution in [0.3, 0.4) is 0 Å². The van der Waals surface area contributed by atoms with Crippen LogP contribution in [0.5, 0.6) is 0 Å². The van der Waals surface area contributed by atoms with E-state index in [-0.39, 0.29) is 19.1 Å². The molecule has 0 aliphatic rings. The van der Waals surface area contributed by atoms with Crippen molar-refractivity contribution in [1.29, 1.82) is 0 Å². The predicted octanol–water partition coefficient (Wildman–Crippen LogP) is 4.88. The standard InChI is InChI=1S/C29H30F2N4O4/c1-4-39-27(38)18-25(37)17-24(36)7-5-6-8-26(29-32-33-34-35(29)19(2)3)28(20-9-13-22(30)14-10-20)21-11-15-23(31)16-12-21/h5-16,19,24,36H,4,17-18H2,1-3H3. The molecule has 0 radical (unpaired) electrons. The lowest BCUT2D eigenvalue weighted by Gasteiger charge is -2.15. The first-order valence-electron chi connectivity index (χ1n) is 12.4. The van der Waals surface area contributed by atoms with E-state index in [0.29, 0.717) is 28.1 Å². The summed E-state index contributed by atoms with van der Waals surface area (Å²) >= 11 is 0. The summed E-state index contributed by atoms with van der Waals surface area (Å²) in [6.45, 7) is 5.65. The van der Waals surface area contributed by atoms with Crippen molar-refractivity contribution in [1.82, 2.24) is 20.2 Å². The van der Waals surface area contributed by atoms with Crippen LogP contribution in [0.2, 0.25) is 0 Å². The molecule has 0 bridgehead atoms. The lowest BCUT2D eigenvalue weighted by molar-refractivity contribution is -0.145. The third-order valence-corrected chi connectivity index (χ3v) is 5.55. The number of carbonyl (C=O) groups is 2. The van der Waals surface area contributed by atoms with E-state index in [2.05, 4.69) is 15.5 Å². The van der Waals surface area contributed by atoms with Gasteiger partial charge in [-0.25, -0.2) is 13.5 Å². The van der Waals surface area contributed by atoms with E-state index in [9.17, 15) is 23.5 Å². The van der Waals surface area contributed by atoms with Crippen LogP contribution in [0.1, 0.15) is 56.6 Å². The number of esters is 1. The summed E-state index contributed by atoms with van der Waals surface area (Å²) in [7, 11) is 0. The van der Waals surface area contributed by atoms with Crippen molar-refractivity contribution in [3.05, 3.63) is 101 Å². The summed E-state index contributed by atoms with van der Waals surface area (Å²) in [4.78, 5) is 23.5. The van der Waals surface area contributed by atoms with E-state index >= 15 is 0 Å². The molecule has 0 aliphatic carbocycles. The van der Waals surface area contributed by atoms with Gasteiger partial charge < -0.3 is 9.84 Å². The number of hydrogen-bond donors (Lipinski definition) is 1. The number of tetrazole rings is 1. The molecule has 1 atom stereocenters. The molecule has 1 unspecified atom stereocenters. The van der Waals surface area contributed by atoms with E-state index in [1.807, 2.05) is 13.8 Å². The third kappa shape index (κ3) is 8.34. The number of aromatic nitrogens is 4. The molecule has 204 valence electrons.